The molecule has 1 rings (SSSR count). The number of hydrogen-bond donors (Lipinski definition) is 1. The summed E-state index contributed by atoms with van der Waals surface area (Å²) in [5.74, 6) is -0.0289. The van der Waals surface area contributed by atoms with E-state index in [0.29, 0.717) is 12.1 Å². The molecule has 0 saturated heterocycles. The predicted octanol–water partition coefficient (Wildman–Crippen LogP) is 2.20. The Kier molecular flexibility index (Phi) is 3.29. The van der Waals surface area contributed by atoms with E-state index in [4.69, 9.17) is 0 Å². The Morgan fingerprint density at radius 2 is 2.33 bits per heavy atom. The highest BCUT2D eigenvalue weighted by Gasteiger charge is 2.02. The van der Waals surface area contributed by atoms with E-state index in [9.17, 15) is 4.79 Å². The number of nitrogens with one attached hydrogen (secondary N) is 1. The highest BCUT2D eigenvalue weighted by atomic mass is 79.9. The highest BCUT2D eigenvalue weighted by molar-refractivity contribution is 9.10. The van der Waals surface area contributed by atoms with Crippen LogP contribution in [0.25, 0.3) is 0 Å². The van der Waals surface area contributed by atoms with Gasteiger partial charge in [-0.05, 0) is 25.1 Å². The molecule has 1 N–H and O–H groups in total. The van der Waals surface area contributed by atoms with Crippen molar-refractivity contribution in [3.63, 3.8) is 0 Å². The van der Waals surface area contributed by atoms with Gasteiger partial charge in [0.2, 0.25) is 0 Å². The van der Waals surface area contributed by atoms with E-state index in [2.05, 4.69) is 21.2 Å². The van der Waals surface area contributed by atoms with Crippen molar-refractivity contribution in [2.75, 3.05) is 6.54 Å². The summed E-state index contributed by atoms with van der Waals surface area (Å²) in [6.45, 7) is 2.56. The first-order valence-corrected chi connectivity index (χ1v) is 4.57. The smallest absolute Gasteiger partial charge is 0.251 e. The van der Waals surface area contributed by atoms with Crippen LogP contribution in [0.15, 0.2) is 28.7 Å². The van der Waals surface area contributed by atoms with Gasteiger partial charge in [-0.25, -0.2) is 0 Å². The Balaban J connectivity index is 2.81. The Morgan fingerprint density at radius 3 is 2.92 bits per heavy atom. The molecule has 2 nitrogen and oxygen atoms in total. The minimum atomic E-state index is -0.0289. The molecule has 0 spiro atoms. The standard InChI is InChI=1S/C9H10BrNO/c1-2-11-9(12)7-4-3-5-8(10)6-7/h3-6H,2H2,1H3,(H,11,12). The molecule has 0 aliphatic carbocycles. The van der Waals surface area contributed by atoms with Crippen LogP contribution in [0.2, 0.25) is 0 Å². The van der Waals surface area contributed by atoms with Crippen LogP contribution in [-0.4, -0.2) is 12.5 Å². The zero-order valence-electron chi connectivity index (χ0n) is 6.80. The number of benzene rings is 1. The second-order valence-corrected chi connectivity index (χ2v) is 3.29. The molecule has 0 atom stereocenters. The second kappa shape index (κ2) is 4.26. The maximum atomic E-state index is 11.3. The van der Waals surface area contributed by atoms with Gasteiger partial charge in [0.25, 0.3) is 5.91 Å². The quantitative estimate of drug-likeness (QED) is 0.825. The summed E-state index contributed by atoms with van der Waals surface area (Å²) in [6.07, 6.45) is 0. The van der Waals surface area contributed by atoms with Crippen LogP contribution < -0.4 is 5.32 Å². The van der Waals surface area contributed by atoms with Crippen molar-refractivity contribution in [2.24, 2.45) is 0 Å². The minimum Gasteiger partial charge on any atom is -0.352 e. The lowest BCUT2D eigenvalue weighted by molar-refractivity contribution is 0.0956. The maximum absolute atomic E-state index is 11.3. The lowest BCUT2D eigenvalue weighted by atomic mass is 10.2. The van der Waals surface area contributed by atoms with E-state index in [0.717, 1.165) is 4.47 Å². The molecule has 0 aliphatic rings. The summed E-state index contributed by atoms with van der Waals surface area (Å²) in [7, 11) is 0. The Bertz CT molecular complexity index is 286. The van der Waals surface area contributed by atoms with Crippen molar-refractivity contribution in [1.82, 2.24) is 5.32 Å². The van der Waals surface area contributed by atoms with Crippen molar-refractivity contribution >= 4 is 21.8 Å². The summed E-state index contributed by atoms with van der Waals surface area (Å²) in [6, 6.07) is 7.32. The number of amides is 1. The first kappa shape index (κ1) is 9.26. The van der Waals surface area contributed by atoms with Gasteiger partial charge < -0.3 is 5.32 Å². The molecule has 0 fully saturated rings. The average Bonchev–Trinajstić information content (AvgIpc) is 2.05. The average molecular weight is 228 g/mol. The zero-order chi connectivity index (χ0) is 8.97. The molecule has 1 amide bonds. The fraction of sp³-hybridized carbons (Fsp3) is 0.222. The van der Waals surface area contributed by atoms with Crippen LogP contribution in [0.1, 0.15) is 17.3 Å². The fourth-order valence-electron chi connectivity index (χ4n) is 0.892. The topological polar surface area (TPSA) is 29.1 Å². The van der Waals surface area contributed by atoms with Gasteiger partial charge in [-0.3, -0.25) is 4.79 Å². The number of hydrogen-bond acceptors (Lipinski definition) is 1. The SMILES string of the molecule is CCNC(=O)c1cccc(Br)c1. The summed E-state index contributed by atoms with van der Waals surface area (Å²) in [4.78, 5) is 11.3. The molecule has 1 aromatic carbocycles. The molecular weight excluding hydrogens is 218 g/mol. The van der Waals surface area contributed by atoms with E-state index < -0.39 is 0 Å². The number of halogens is 1. The van der Waals surface area contributed by atoms with Gasteiger partial charge >= 0.3 is 0 Å². The summed E-state index contributed by atoms with van der Waals surface area (Å²) in [5.41, 5.74) is 0.686. The van der Waals surface area contributed by atoms with E-state index in [1.165, 1.54) is 0 Å². The van der Waals surface area contributed by atoms with Gasteiger partial charge in [0.1, 0.15) is 0 Å². The molecule has 0 saturated carbocycles. The molecular formula is C9H10BrNO. The molecule has 3 heteroatoms. The lowest BCUT2D eigenvalue weighted by Gasteiger charge is -2.01. The number of carbonyl (C=O) groups is 1. The van der Waals surface area contributed by atoms with Crippen molar-refractivity contribution in [2.45, 2.75) is 6.92 Å². The number of carbonyl (C=O) groups excluding carboxylic acids is 1. The maximum Gasteiger partial charge on any atom is 0.251 e. The van der Waals surface area contributed by atoms with Crippen LogP contribution in [0.5, 0.6) is 0 Å². The van der Waals surface area contributed by atoms with Gasteiger partial charge in [-0.15, -0.1) is 0 Å². The first-order valence-electron chi connectivity index (χ1n) is 3.78. The van der Waals surface area contributed by atoms with Crippen LogP contribution >= 0.6 is 15.9 Å². The highest BCUT2D eigenvalue weighted by Crippen LogP contribution is 2.11. The van der Waals surface area contributed by atoms with Crippen LogP contribution in [0, 0.1) is 0 Å². The van der Waals surface area contributed by atoms with Gasteiger partial charge in [-0.1, -0.05) is 22.0 Å². The summed E-state index contributed by atoms with van der Waals surface area (Å²) >= 11 is 3.30. The molecule has 0 aliphatic heterocycles. The Labute approximate surface area is 80.1 Å². The summed E-state index contributed by atoms with van der Waals surface area (Å²) in [5, 5.41) is 2.73. The van der Waals surface area contributed by atoms with Gasteiger partial charge in [0.05, 0.1) is 0 Å². The molecule has 0 heterocycles. The van der Waals surface area contributed by atoms with Crippen LogP contribution in [0.3, 0.4) is 0 Å². The van der Waals surface area contributed by atoms with Crippen LogP contribution in [0.4, 0.5) is 0 Å². The molecule has 64 valence electrons. The molecule has 0 radical (unpaired) electrons. The first-order chi connectivity index (χ1) is 5.74. The lowest BCUT2D eigenvalue weighted by Crippen LogP contribution is -2.22. The molecule has 1 aromatic rings. The molecule has 0 unspecified atom stereocenters. The van der Waals surface area contributed by atoms with Crippen molar-refractivity contribution < 1.29 is 4.79 Å². The van der Waals surface area contributed by atoms with Crippen molar-refractivity contribution in [3.8, 4) is 0 Å². The third-order valence-electron chi connectivity index (χ3n) is 1.42. The Hall–Kier alpha value is -0.830. The van der Waals surface area contributed by atoms with E-state index >= 15 is 0 Å². The van der Waals surface area contributed by atoms with E-state index in [-0.39, 0.29) is 5.91 Å². The summed E-state index contributed by atoms with van der Waals surface area (Å²) < 4.78 is 0.922. The van der Waals surface area contributed by atoms with E-state index in [1.54, 1.807) is 12.1 Å². The third kappa shape index (κ3) is 2.34. The zero-order valence-corrected chi connectivity index (χ0v) is 8.39. The van der Waals surface area contributed by atoms with Gasteiger partial charge in [-0.2, -0.15) is 0 Å². The van der Waals surface area contributed by atoms with Crippen molar-refractivity contribution in [3.05, 3.63) is 34.3 Å². The normalized spacial score (nSPS) is 9.50. The number of rotatable bonds is 2. The molecule has 12 heavy (non-hydrogen) atoms. The van der Waals surface area contributed by atoms with Gasteiger partial charge in [0, 0.05) is 16.6 Å². The molecule has 0 aromatic heterocycles. The van der Waals surface area contributed by atoms with Crippen molar-refractivity contribution in [1.29, 1.82) is 0 Å². The molecule has 0 bridgehead atoms. The predicted molar refractivity (Wildman–Crippen MR) is 52.1 cm³/mol. The van der Waals surface area contributed by atoms with E-state index in [1.807, 2.05) is 19.1 Å². The van der Waals surface area contributed by atoms with Crippen LogP contribution in [-0.2, 0) is 0 Å². The Morgan fingerprint density at radius 1 is 1.58 bits per heavy atom. The second-order valence-electron chi connectivity index (χ2n) is 2.37. The largest absolute Gasteiger partial charge is 0.352 e. The third-order valence-corrected chi connectivity index (χ3v) is 1.92. The fourth-order valence-corrected chi connectivity index (χ4v) is 1.29. The van der Waals surface area contributed by atoms with Gasteiger partial charge in [0.15, 0.2) is 0 Å². The minimum absolute atomic E-state index is 0.0289. The monoisotopic (exact) mass is 227 g/mol.